The van der Waals surface area contributed by atoms with Gasteiger partial charge in [-0.05, 0) is 30.7 Å². The maximum absolute atomic E-state index is 13.0. The lowest BCUT2D eigenvalue weighted by Gasteiger charge is -2.12. The second-order valence-electron chi connectivity index (χ2n) is 8.55. The van der Waals surface area contributed by atoms with E-state index in [1.807, 2.05) is 12.1 Å². The molecule has 3 aromatic rings. The van der Waals surface area contributed by atoms with Crippen molar-refractivity contribution in [2.45, 2.75) is 63.3 Å². The maximum Gasteiger partial charge on any atom is 0.311 e. The zero-order valence-electron chi connectivity index (χ0n) is 21.1. The number of para-hydroxylation sites is 1. The standard InChI is InChI=1S/C26H33N3O5S3/c1-3-4-5-6-7-10-15-37(32,33)23-12-9-8-11-21(23)27-17-20-13-14-22(36-20)25(31)29-26-28-19(18-35-26)16-24(30)34-2/h8-9,11-14,18,27H,3-7,10,15-17H2,1-2H3,(H,28,29,31). The summed E-state index contributed by atoms with van der Waals surface area (Å²) >= 11 is 2.55. The molecule has 11 heteroatoms. The molecule has 0 atom stereocenters. The van der Waals surface area contributed by atoms with Crippen LogP contribution >= 0.6 is 22.7 Å². The van der Waals surface area contributed by atoms with E-state index in [2.05, 4.69) is 27.3 Å². The molecule has 0 saturated carbocycles. The molecule has 0 spiro atoms. The Bertz CT molecular complexity index is 1280. The predicted molar refractivity (Wildman–Crippen MR) is 149 cm³/mol. The Morgan fingerprint density at radius 2 is 1.78 bits per heavy atom. The van der Waals surface area contributed by atoms with Crippen LogP contribution in [0.2, 0.25) is 0 Å². The summed E-state index contributed by atoms with van der Waals surface area (Å²) in [5.74, 6) is -0.549. The van der Waals surface area contributed by atoms with E-state index in [0.717, 1.165) is 24.1 Å². The molecule has 0 aliphatic carbocycles. The molecule has 0 aliphatic heterocycles. The third kappa shape index (κ3) is 8.94. The van der Waals surface area contributed by atoms with Gasteiger partial charge in [-0.3, -0.25) is 14.9 Å². The van der Waals surface area contributed by atoms with Crippen molar-refractivity contribution < 1.29 is 22.7 Å². The molecule has 0 fully saturated rings. The van der Waals surface area contributed by atoms with Crippen LogP contribution in [0.5, 0.6) is 0 Å². The number of thiazole rings is 1. The van der Waals surface area contributed by atoms with Gasteiger partial charge in [0.1, 0.15) is 0 Å². The number of hydrogen-bond donors (Lipinski definition) is 2. The Hall–Kier alpha value is -2.76. The van der Waals surface area contributed by atoms with Crippen molar-refractivity contribution in [3.8, 4) is 0 Å². The zero-order valence-corrected chi connectivity index (χ0v) is 23.6. The number of nitrogens with zero attached hydrogens (tertiary/aromatic N) is 1. The molecule has 200 valence electrons. The van der Waals surface area contributed by atoms with Crippen LogP contribution in [0.25, 0.3) is 0 Å². The number of unbranched alkanes of at least 4 members (excludes halogenated alkanes) is 5. The van der Waals surface area contributed by atoms with Gasteiger partial charge in [0, 0.05) is 16.8 Å². The number of thiophene rings is 1. The first-order valence-corrected chi connectivity index (χ1v) is 15.6. The van der Waals surface area contributed by atoms with Crippen LogP contribution in [0.3, 0.4) is 0 Å². The molecule has 0 bridgehead atoms. The number of ether oxygens (including phenoxy) is 1. The van der Waals surface area contributed by atoms with Crippen molar-refractivity contribution >= 4 is 55.2 Å². The molecule has 3 rings (SSSR count). The molecule has 0 saturated heterocycles. The number of methoxy groups -OCH3 is 1. The van der Waals surface area contributed by atoms with E-state index in [0.29, 0.717) is 39.3 Å². The number of rotatable bonds is 15. The number of hydrogen-bond acceptors (Lipinski definition) is 9. The van der Waals surface area contributed by atoms with Crippen LogP contribution in [0.15, 0.2) is 46.7 Å². The SMILES string of the molecule is CCCCCCCCS(=O)(=O)c1ccccc1NCc1ccc(C(=O)Nc2nc(CC(=O)OC)cs2)s1. The minimum Gasteiger partial charge on any atom is -0.469 e. The Morgan fingerprint density at radius 1 is 1.03 bits per heavy atom. The van der Waals surface area contributed by atoms with Crippen molar-refractivity contribution in [2.24, 2.45) is 0 Å². The highest BCUT2D eigenvalue weighted by molar-refractivity contribution is 7.91. The number of aromatic nitrogens is 1. The van der Waals surface area contributed by atoms with Gasteiger partial charge in [-0.15, -0.1) is 22.7 Å². The van der Waals surface area contributed by atoms with Crippen molar-refractivity contribution in [3.05, 3.63) is 57.2 Å². The minimum absolute atomic E-state index is 0.0494. The normalized spacial score (nSPS) is 11.3. The molecule has 37 heavy (non-hydrogen) atoms. The highest BCUT2D eigenvalue weighted by atomic mass is 32.2. The summed E-state index contributed by atoms with van der Waals surface area (Å²) < 4.78 is 30.6. The minimum atomic E-state index is -3.40. The molecule has 1 amide bonds. The summed E-state index contributed by atoms with van der Waals surface area (Å²) in [6.45, 7) is 2.55. The smallest absolute Gasteiger partial charge is 0.311 e. The van der Waals surface area contributed by atoms with Crippen molar-refractivity contribution in [3.63, 3.8) is 0 Å². The topological polar surface area (TPSA) is 114 Å². The van der Waals surface area contributed by atoms with E-state index < -0.39 is 15.8 Å². The van der Waals surface area contributed by atoms with Gasteiger partial charge in [0.2, 0.25) is 0 Å². The molecule has 8 nitrogen and oxygen atoms in total. The fraction of sp³-hybridized carbons (Fsp3) is 0.423. The number of esters is 1. The van der Waals surface area contributed by atoms with Gasteiger partial charge in [0.15, 0.2) is 15.0 Å². The van der Waals surface area contributed by atoms with Crippen LogP contribution in [0, 0.1) is 0 Å². The molecule has 1 aromatic carbocycles. The fourth-order valence-corrected chi connectivity index (χ4v) is 6.78. The number of amides is 1. The number of nitrogens with one attached hydrogen (secondary N) is 2. The summed E-state index contributed by atoms with van der Waals surface area (Å²) in [6, 6.07) is 10.5. The van der Waals surface area contributed by atoms with E-state index >= 15 is 0 Å². The monoisotopic (exact) mass is 563 g/mol. The summed E-state index contributed by atoms with van der Waals surface area (Å²) in [5.41, 5.74) is 1.10. The van der Waals surface area contributed by atoms with Gasteiger partial charge in [0.05, 0.1) is 40.4 Å². The molecule has 0 aliphatic rings. The Labute approximate surface area is 226 Å². The van der Waals surface area contributed by atoms with Gasteiger partial charge in [0.25, 0.3) is 5.91 Å². The molecule has 0 radical (unpaired) electrons. The van der Waals surface area contributed by atoms with Crippen molar-refractivity contribution in [1.82, 2.24) is 4.98 Å². The quantitative estimate of drug-likeness (QED) is 0.174. The lowest BCUT2D eigenvalue weighted by molar-refractivity contribution is -0.139. The van der Waals surface area contributed by atoms with Gasteiger partial charge >= 0.3 is 5.97 Å². The highest BCUT2D eigenvalue weighted by Gasteiger charge is 2.19. The molecule has 0 unspecified atom stereocenters. The zero-order chi connectivity index (χ0) is 26.7. The third-order valence-corrected chi connectivity index (χ3v) is 9.40. The van der Waals surface area contributed by atoms with Crippen molar-refractivity contribution in [2.75, 3.05) is 23.5 Å². The average Bonchev–Trinajstić information content (AvgIpc) is 3.54. The summed E-state index contributed by atoms with van der Waals surface area (Å²) in [7, 11) is -2.08. The number of benzene rings is 1. The Morgan fingerprint density at radius 3 is 2.57 bits per heavy atom. The highest BCUT2D eigenvalue weighted by Crippen LogP contribution is 2.26. The van der Waals surface area contributed by atoms with E-state index in [4.69, 9.17) is 0 Å². The van der Waals surface area contributed by atoms with Crippen LogP contribution in [0.4, 0.5) is 10.8 Å². The fourth-order valence-electron chi connectivity index (χ4n) is 3.67. The van der Waals surface area contributed by atoms with E-state index in [1.54, 1.807) is 29.6 Å². The van der Waals surface area contributed by atoms with Gasteiger partial charge in [-0.25, -0.2) is 13.4 Å². The second kappa shape index (κ2) is 14.3. The Kier molecular flexibility index (Phi) is 11.1. The lowest BCUT2D eigenvalue weighted by Crippen LogP contribution is -2.11. The second-order valence-corrected chi connectivity index (χ2v) is 12.7. The first kappa shape index (κ1) is 28.8. The molecule has 2 N–H and O–H groups in total. The maximum atomic E-state index is 13.0. The molecular formula is C26H33N3O5S3. The number of carbonyl (C=O) groups excluding carboxylic acids is 2. The van der Waals surface area contributed by atoms with Gasteiger partial charge in [-0.2, -0.15) is 0 Å². The van der Waals surface area contributed by atoms with Crippen LogP contribution < -0.4 is 10.6 Å². The van der Waals surface area contributed by atoms with Gasteiger partial charge < -0.3 is 10.1 Å². The molecular weight excluding hydrogens is 531 g/mol. The number of anilines is 2. The summed E-state index contributed by atoms with van der Waals surface area (Å²) in [4.78, 5) is 30.0. The lowest BCUT2D eigenvalue weighted by atomic mass is 10.1. The van der Waals surface area contributed by atoms with Crippen LogP contribution in [-0.4, -0.2) is 38.1 Å². The van der Waals surface area contributed by atoms with E-state index in [1.165, 1.54) is 42.6 Å². The predicted octanol–water partition coefficient (Wildman–Crippen LogP) is 5.92. The Balaban J connectivity index is 1.55. The van der Waals surface area contributed by atoms with Crippen LogP contribution in [0.1, 0.15) is 65.7 Å². The first-order valence-electron chi connectivity index (χ1n) is 12.3. The van der Waals surface area contributed by atoms with Crippen molar-refractivity contribution in [1.29, 1.82) is 0 Å². The number of sulfone groups is 1. The average molecular weight is 564 g/mol. The van der Waals surface area contributed by atoms with E-state index in [9.17, 15) is 18.0 Å². The third-order valence-electron chi connectivity index (χ3n) is 5.65. The molecule has 2 heterocycles. The van der Waals surface area contributed by atoms with E-state index in [-0.39, 0.29) is 18.1 Å². The molecule has 2 aromatic heterocycles. The van der Waals surface area contributed by atoms with Gasteiger partial charge in [-0.1, -0.05) is 51.2 Å². The summed E-state index contributed by atoms with van der Waals surface area (Å²) in [6.07, 6.45) is 6.20. The number of carbonyl (C=O) groups is 2. The largest absolute Gasteiger partial charge is 0.469 e. The first-order chi connectivity index (χ1) is 17.8. The van der Waals surface area contributed by atoms with Crippen LogP contribution in [-0.2, 0) is 32.3 Å². The summed E-state index contributed by atoms with van der Waals surface area (Å²) in [5, 5.41) is 8.08.